The summed E-state index contributed by atoms with van der Waals surface area (Å²) >= 11 is 0. The Labute approximate surface area is 203 Å². The lowest BCUT2D eigenvalue weighted by molar-refractivity contribution is -0.928. The molecule has 11 heteroatoms. The fourth-order valence-corrected chi connectivity index (χ4v) is 3.70. The molecule has 1 N–H and O–H groups in total. The van der Waals surface area contributed by atoms with E-state index in [-0.39, 0.29) is 11.7 Å². The number of nitrogens with one attached hydrogen (secondary N) is 1. The summed E-state index contributed by atoms with van der Waals surface area (Å²) in [7, 11) is 0.541. The topological polar surface area (TPSA) is 126 Å². The van der Waals surface area contributed by atoms with E-state index in [4.69, 9.17) is 4.74 Å². The summed E-state index contributed by atoms with van der Waals surface area (Å²) in [6.45, 7) is 0. The summed E-state index contributed by atoms with van der Waals surface area (Å²) in [5.41, 5.74) is 3.28. The van der Waals surface area contributed by atoms with Gasteiger partial charge in [0.2, 0.25) is 10.4 Å². The summed E-state index contributed by atoms with van der Waals surface area (Å²) in [6.07, 6.45) is 0. The Hall–Kier alpha value is -3.61. The normalized spacial score (nSPS) is 18.1. The summed E-state index contributed by atoms with van der Waals surface area (Å²) in [6, 6.07) is 26.5. The average molecular weight is 500 g/mol. The number of likely N-dealkylation sites (N-methyl/N-ethyl adjacent to an activating group) is 1. The van der Waals surface area contributed by atoms with Crippen LogP contribution < -0.4 is 9.75 Å². The van der Waals surface area contributed by atoms with Crippen molar-refractivity contribution in [1.29, 1.82) is 0 Å². The van der Waals surface area contributed by atoms with Crippen LogP contribution in [0.25, 0.3) is 5.70 Å². The summed E-state index contributed by atoms with van der Waals surface area (Å²) in [5, 5.41) is 14.3. The van der Waals surface area contributed by atoms with Crippen molar-refractivity contribution in [2.75, 3.05) is 21.2 Å². The Morgan fingerprint density at radius 2 is 1.46 bits per heavy atom. The predicted molar refractivity (Wildman–Crippen MR) is 128 cm³/mol. The molecule has 184 valence electrons. The Kier molecular flexibility index (Phi) is 8.33. The number of non-ortho nitro benzene ring substituents is 1. The van der Waals surface area contributed by atoms with E-state index in [2.05, 4.69) is 47.6 Å². The molecule has 35 heavy (non-hydrogen) atoms. The highest BCUT2D eigenvalue weighted by Crippen LogP contribution is 2.35. The first-order valence-corrected chi connectivity index (χ1v) is 11.8. The number of hydrogen-bond acceptors (Lipinski definition) is 8. The molecular formula is C24H25N3O7S. The molecule has 10 nitrogen and oxygen atoms in total. The van der Waals surface area contributed by atoms with Crippen molar-refractivity contribution in [2.45, 2.75) is 6.04 Å². The van der Waals surface area contributed by atoms with Gasteiger partial charge in [0.1, 0.15) is 11.8 Å². The third-order valence-electron chi connectivity index (χ3n) is 5.43. The van der Waals surface area contributed by atoms with Crippen LogP contribution in [0.3, 0.4) is 0 Å². The number of nitro groups is 1. The van der Waals surface area contributed by atoms with Crippen LogP contribution in [0.5, 0.6) is 5.75 Å². The smallest absolute Gasteiger partial charge is 0.269 e. The number of nitrogens with zero attached hydrogens (tertiary/aromatic N) is 2. The van der Waals surface area contributed by atoms with Crippen LogP contribution >= 0.6 is 0 Å². The third kappa shape index (κ3) is 6.50. The SMILES string of the molecule is CN1C(c2ccccc2)C(Oc2ccc([N+](=O)[O-])cc2)=C(c2ccccc2)[NH+]1C.COS(=O)(=O)[O-]. The highest BCUT2D eigenvalue weighted by atomic mass is 32.3. The molecule has 4 rings (SSSR count). The van der Waals surface area contributed by atoms with E-state index in [9.17, 15) is 23.1 Å². The first-order chi connectivity index (χ1) is 16.6. The molecule has 0 aromatic heterocycles. The second-order valence-electron chi connectivity index (χ2n) is 7.54. The fourth-order valence-electron chi connectivity index (χ4n) is 3.70. The van der Waals surface area contributed by atoms with Crippen LogP contribution in [0.15, 0.2) is 90.7 Å². The summed E-state index contributed by atoms with van der Waals surface area (Å²) < 4.78 is 37.4. The third-order valence-corrected chi connectivity index (χ3v) is 5.84. The lowest BCUT2D eigenvalue weighted by Gasteiger charge is -2.23. The lowest BCUT2D eigenvalue weighted by atomic mass is 10.0. The Bertz CT molecular complexity index is 1280. The molecular weight excluding hydrogens is 474 g/mol. The maximum Gasteiger partial charge on any atom is 0.269 e. The second-order valence-corrected chi connectivity index (χ2v) is 8.69. The molecule has 0 saturated carbocycles. The zero-order valence-electron chi connectivity index (χ0n) is 19.3. The zero-order valence-corrected chi connectivity index (χ0v) is 20.1. The van der Waals surface area contributed by atoms with E-state index >= 15 is 0 Å². The standard InChI is InChI=1S/C23H21N3O3.CH4O4S/c1-24-21(17-9-5-3-6-10-17)23(22(25(24)2)18-11-7-4-8-12-18)29-20-15-13-19(14-16-20)26(27)28;1-5-6(2,3)4/h3-16,21H,1-2H3;1H3,(H,2,3,4). The molecule has 0 fully saturated rings. The maximum absolute atomic E-state index is 11.0. The maximum atomic E-state index is 11.0. The van der Waals surface area contributed by atoms with Crippen molar-refractivity contribution < 1.29 is 31.8 Å². The molecule has 0 bridgehead atoms. The van der Waals surface area contributed by atoms with E-state index in [1.165, 1.54) is 12.1 Å². The fraction of sp³-hybridized carbons (Fsp3) is 0.167. The molecule has 2 atom stereocenters. The first-order valence-electron chi connectivity index (χ1n) is 10.5. The average Bonchev–Trinajstić information content (AvgIpc) is 3.09. The zero-order chi connectivity index (χ0) is 25.6. The van der Waals surface area contributed by atoms with Crippen molar-refractivity contribution in [1.82, 2.24) is 5.01 Å². The van der Waals surface area contributed by atoms with E-state index in [1.54, 1.807) is 12.1 Å². The van der Waals surface area contributed by atoms with Crippen molar-refractivity contribution in [3.63, 3.8) is 0 Å². The van der Waals surface area contributed by atoms with Crippen LogP contribution in [0.2, 0.25) is 0 Å². The minimum absolute atomic E-state index is 0.0421. The first kappa shape index (κ1) is 26.0. The predicted octanol–water partition coefficient (Wildman–Crippen LogP) is 2.55. The van der Waals surface area contributed by atoms with Crippen molar-refractivity contribution in [3.05, 3.63) is 112 Å². The summed E-state index contributed by atoms with van der Waals surface area (Å²) in [5.74, 6) is 1.39. The molecule has 1 aliphatic rings. The van der Waals surface area contributed by atoms with Gasteiger partial charge in [0.25, 0.3) is 5.69 Å². The Morgan fingerprint density at radius 3 is 1.94 bits per heavy atom. The summed E-state index contributed by atoms with van der Waals surface area (Å²) in [4.78, 5) is 10.6. The van der Waals surface area contributed by atoms with Crippen molar-refractivity contribution in [3.8, 4) is 5.75 Å². The van der Waals surface area contributed by atoms with Crippen LogP contribution in [0.4, 0.5) is 5.69 Å². The molecule has 2 unspecified atom stereocenters. The highest BCUT2D eigenvalue weighted by molar-refractivity contribution is 7.80. The van der Waals surface area contributed by atoms with E-state index in [1.807, 2.05) is 36.4 Å². The minimum atomic E-state index is -4.41. The van der Waals surface area contributed by atoms with Gasteiger partial charge in [0.05, 0.1) is 19.1 Å². The van der Waals surface area contributed by atoms with Crippen LogP contribution in [0, 0.1) is 10.1 Å². The van der Waals surface area contributed by atoms with Gasteiger partial charge in [-0.15, -0.1) is 5.01 Å². The molecule has 0 radical (unpaired) electrons. The molecule has 0 saturated heterocycles. The second kappa shape index (κ2) is 11.2. The van der Waals surface area contributed by atoms with Gasteiger partial charge in [-0.25, -0.2) is 13.4 Å². The molecule has 3 aromatic carbocycles. The monoisotopic (exact) mass is 499 g/mol. The molecule has 0 spiro atoms. The van der Waals surface area contributed by atoms with Crippen LogP contribution in [-0.2, 0) is 14.6 Å². The Morgan fingerprint density at radius 1 is 0.943 bits per heavy atom. The number of quaternary nitrogens is 1. The van der Waals surface area contributed by atoms with E-state index < -0.39 is 15.3 Å². The van der Waals surface area contributed by atoms with Gasteiger partial charge < -0.3 is 9.29 Å². The quantitative estimate of drug-likeness (QED) is 0.237. The molecule has 0 amide bonds. The molecule has 0 aliphatic carbocycles. The van der Waals surface area contributed by atoms with Gasteiger partial charge >= 0.3 is 0 Å². The van der Waals surface area contributed by atoms with Crippen molar-refractivity contribution in [2.24, 2.45) is 0 Å². The number of benzene rings is 3. The number of hydrogen-bond donors (Lipinski definition) is 1. The minimum Gasteiger partial charge on any atom is -0.726 e. The highest BCUT2D eigenvalue weighted by Gasteiger charge is 2.43. The molecule has 3 aromatic rings. The van der Waals surface area contributed by atoms with Crippen molar-refractivity contribution >= 4 is 21.8 Å². The largest absolute Gasteiger partial charge is 0.726 e. The molecule has 1 heterocycles. The number of ether oxygens (including phenoxy) is 1. The van der Waals surface area contributed by atoms with Gasteiger partial charge in [0.15, 0.2) is 11.5 Å². The lowest BCUT2D eigenvalue weighted by Crippen LogP contribution is -3.11. The van der Waals surface area contributed by atoms with Crippen LogP contribution in [-0.4, -0.2) is 44.1 Å². The van der Waals surface area contributed by atoms with Crippen LogP contribution in [0.1, 0.15) is 17.2 Å². The van der Waals surface area contributed by atoms with E-state index in [0.29, 0.717) is 5.75 Å². The van der Waals surface area contributed by atoms with Gasteiger partial charge in [-0.3, -0.25) is 14.3 Å². The molecule has 1 aliphatic heterocycles. The van der Waals surface area contributed by atoms with Gasteiger partial charge in [-0.05, 0) is 29.8 Å². The van der Waals surface area contributed by atoms with Gasteiger partial charge in [-0.1, -0.05) is 48.5 Å². The van der Waals surface area contributed by atoms with Gasteiger partial charge in [-0.2, -0.15) is 0 Å². The van der Waals surface area contributed by atoms with Gasteiger partial charge in [0, 0.05) is 24.7 Å². The Balaban J connectivity index is 0.000000509. The van der Waals surface area contributed by atoms with E-state index in [0.717, 1.165) is 34.7 Å². The number of rotatable bonds is 6. The number of nitro benzene ring substituents is 1.